The number of carbonyl (C=O) groups is 1. The van der Waals surface area contributed by atoms with E-state index in [4.69, 9.17) is 4.74 Å². The molecule has 0 saturated heterocycles. The molecule has 0 aromatic heterocycles. The number of rotatable bonds is 5. The van der Waals surface area contributed by atoms with Crippen molar-refractivity contribution in [2.24, 2.45) is 0 Å². The van der Waals surface area contributed by atoms with Gasteiger partial charge in [0.05, 0.1) is 17.6 Å². The van der Waals surface area contributed by atoms with E-state index in [1.807, 2.05) is 0 Å². The van der Waals surface area contributed by atoms with Gasteiger partial charge in [-0.15, -0.1) is 0 Å². The lowest BCUT2D eigenvalue weighted by atomic mass is 10.1. The molecular formula is C11H13NO4. The Kier molecular flexibility index (Phi) is 3.99. The summed E-state index contributed by atoms with van der Waals surface area (Å²) in [6.07, 6.45) is 0.312. The number of nitrogens with zero attached hydrogens (tertiary/aromatic N) is 1. The van der Waals surface area contributed by atoms with Crippen LogP contribution in [0.2, 0.25) is 0 Å². The minimum atomic E-state index is -0.533. The second-order valence-electron chi connectivity index (χ2n) is 3.18. The minimum absolute atomic E-state index is 0.122. The van der Waals surface area contributed by atoms with Crippen LogP contribution in [0.25, 0.3) is 0 Å². The third kappa shape index (κ3) is 2.79. The van der Waals surface area contributed by atoms with Gasteiger partial charge in [0, 0.05) is 18.1 Å². The van der Waals surface area contributed by atoms with Gasteiger partial charge in [-0.1, -0.05) is 6.92 Å². The van der Waals surface area contributed by atoms with Gasteiger partial charge in [-0.2, -0.15) is 0 Å². The number of nitro groups is 1. The third-order valence-electron chi connectivity index (χ3n) is 2.06. The average molecular weight is 223 g/mol. The fourth-order valence-corrected chi connectivity index (χ4v) is 1.30. The lowest BCUT2D eigenvalue weighted by Crippen LogP contribution is -2.01. The van der Waals surface area contributed by atoms with E-state index >= 15 is 0 Å². The van der Waals surface area contributed by atoms with Gasteiger partial charge >= 0.3 is 0 Å². The summed E-state index contributed by atoms with van der Waals surface area (Å²) in [5, 5.41) is 10.7. The molecule has 0 aliphatic carbocycles. The van der Waals surface area contributed by atoms with Crippen molar-refractivity contribution in [2.75, 3.05) is 6.61 Å². The normalized spacial score (nSPS) is 9.88. The van der Waals surface area contributed by atoms with Gasteiger partial charge in [0.15, 0.2) is 5.78 Å². The summed E-state index contributed by atoms with van der Waals surface area (Å²) in [5.74, 6) is 0.221. The van der Waals surface area contributed by atoms with E-state index in [9.17, 15) is 14.9 Å². The van der Waals surface area contributed by atoms with Gasteiger partial charge in [-0.3, -0.25) is 14.9 Å². The maximum Gasteiger partial charge on any atom is 0.273 e. The Morgan fingerprint density at radius 1 is 1.38 bits per heavy atom. The molecule has 0 unspecified atom stereocenters. The fourth-order valence-electron chi connectivity index (χ4n) is 1.30. The first-order chi connectivity index (χ1) is 7.58. The Morgan fingerprint density at radius 2 is 2.06 bits per heavy atom. The number of Topliss-reactive ketones (excluding diaryl/α,β-unsaturated/α-hetero) is 1. The number of ether oxygens (including phenoxy) is 1. The first-order valence-electron chi connectivity index (χ1n) is 5.04. The summed E-state index contributed by atoms with van der Waals surface area (Å²) in [6, 6.07) is 4.12. The molecule has 5 heteroatoms. The van der Waals surface area contributed by atoms with Gasteiger partial charge in [-0.25, -0.2) is 0 Å². The number of non-ortho nitro benzene ring substituents is 1. The molecule has 0 heterocycles. The predicted octanol–water partition coefficient (Wildman–Crippen LogP) is 2.59. The van der Waals surface area contributed by atoms with Gasteiger partial charge < -0.3 is 4.74 Å². The molecule has 0 spiro atoms. The van der Waals surface area contributed by atoms with Crippen LogP contribution < -0.4 is 4.74 Å². The van der Waals surface area contributed by atoms with Crippen molar-refractivity contribution in [3.63, 3.8) is 0 Å². The molecule has 0 aliphatic rings. The van der Waals surface area contributed by atoms with Gasteiger partial charge in [-0.05, 0) is 13.0 Å². The van der Waals surface area contributed by atoms with Crippen molar-refractivity contribution < 1.29 is 14.5 Å². The van der Waals surface area contributed by atoms with Crippen LogP contribution in [0.15, 0.2) is 18.2 Å². The molecule has 0 fully saturated rings. The van der Waals surface area contributed by atoms with Crippen LogP contribution in [0.3, 0.4) is 0 Å². The predicted molar refractivity (Wildman–Crippen MR) is 58.9 cm³/mol. The van der Waals surface area contributed by atoms with Crippen molar-refractivity contribution in [2.45, 2.75) is 20.3 Å². The molecule has 0 amide bonds. The standard InChI is InChI=1S/C11H13NO4/c1-3-11(13)8-5-9(12(14)15)7-10(6-8)16-4-2/h5-7H,3-4H2,1-2H3. The van der Waals surface area contributed by atoms with Gasteiger partial charge in [0.25, 0.3) is 5.69 Å². The van der Waals surface area contributed by atoms with Crippen LogP contribution in [0.4, 0.5) is 5.69 Å². The highest BCUT2D eigenvalue weighted by Gasteiger charge is 2.13. The smallest absolute Gasteiger partial charge is 0.273 e. The summed E-state index contributed by atoms with van der Waals surface area (Å²) < 4.78 is 5.18. The lowest BCUT2D eigenvalue weighted by molar-refractivity contribution is -0.385. The molecule has 16 heavy (non-hydrogen) atoms. The number of carbonyl (C=O) groups excluding carboxylic acids is 1. The zero-order valence-electron chi connectivity index (χ0n) is 9.23. The van der Waals surface area contributed by atoms with E-state index < -0.39 is 4.92 Å². The minimum Gasteiger partial charge on any atom is -0.494 e. The van der Waals surface area contributed by atoms with E-state index in [-0.39, 0.29) is 11.5 Å². The molecule has 1 aromatic rings. The highest BCUT2D eigenvalue weighted by molar-refractivity contribution is 5.96. The summed E-state index contributed by atoms with van der Waals surface area (Å²) in [4.78, 5) is 21.6. The monoisotopic (exact) mass is 223 g/mol. The van der Waals surface area contributed by atoms with Crippen molar-refractivity contribution in [1.29, 1.82) is 0 Å². The number of ketones is 1. The Hall–Kier alpha value is -1.91. The largest absolute Gasteiger partial charge is 0.494 e. The van der Waals surface area contributed by atoms with Crippen LogP contribution in [-0.4, -0.2) is 17.3 Å². The summed E-state index contributed by atoms with van der Waals surface area (Å²) >= 11 is 0. The Bertz CT molecular complexity index is 414. The van der Waals surface area contributed by atoms with Crippen LogP contribution in [-0.2, 0) is 0 Å². The van der Waals surface area contributed by atoms with Crippen LogP contribution in [0.5, 0.6) is 5.75 Å². The van der Waals surface area contributed by atoms with Crippen molar-refractivity contribution in [3.8, 4) is 5.75 Å². The lowest BCUT2D eigenvalue weighted by Gasteiger charge is -2.05. The van der Waals surface area contributed by atoms with E-state index in [0.717, 1.165) is 0 Å². The molecule has 0 aliphatic heterocycles. The molecule has 0 saturated carbocycles. The average Bonchev–Trinajstić information content (AvgIpc) is 2.28. The zero-order chi connectivity index (χ0) is 12.1. The first-order valence-corrected chi connectivity index (χ1v) is 5.04. The molecule has 0 N–H and O–H groups in total. The first kappa shape index (κ1) is 12.2. The Morgan fingerprint density at radius 3 is 2.56 bits per heavy atom. The maximum atomic E-state index is 11.5. The SMILES string of the molecule is CCOc1cc(C(=O)CC)cc([N+](=O)[O-])c1. The van der Waals surface area contributed by atoms with Crippen LogP contribution in [0.1, 0.15) is 30.6 Å². The van der Waals surface area contributed by atoms with E-state index in [1.54, 1.807) is 13.8 Å². The van der Waals surface area contributed by atoms with E-state index in [0.29, 0.717) is 24.3 Å². The molecule has 86 valence electrons. The fraction of sp³-hybridized carbons (Fsp3) is 0.364. The van der Waals surface area contributed by atoms with Crippen molar-refractivity contribution in [3.05, 3.63) is 33.9 Å². The summed E-state index contributed by atoms with van der Waals surface area (Å²) in [5.41, 5.74) is 0.197. The van der Waals surface area contributed by atoms with E-state index in [2.05, 4.69) is 0 Å². The quantitative estimate of drug-likeness (QED) is 0.437. The number of nitro benzene ring substituents is 1. The molecule has 0 bridgehead atoms. The summed E-state index contributed by atoms with van der Waals surface area (Å²) in [7, 11) is 0. The van der Waals surface area contributed by atoms with Gasteiger partial charge in [0.2, 0.25) is 0 Å². The number of hydrogen-bond acceptors (Lipinski definition) is 4. The van der Waals surface area contributed by atoms with Crippen molar-refractivity contribution >= 4 is 11.5 Å². The Balaban J connectivity index is 3.18. The second-order valence-corrected chi connectivity index (χ2v) is 3.18. The number of benzene rings is 1. The second kappa shape index (κ2) is 5.25. The van der Waals surface area contributed by atoms with Crippen LogP contribution >= 0.6 is 0 Å². The van der Waals surface area contributed by atoms with Crippen molar-refractivity contribution in [1.82, 2.24) is 0 Å². The molecule has 1 aromatic carbocycles. The highest BCUT2D eigenvalue weighted by atomic mass is 16.6. The summed E-state index contributed by atoms with van der Waals surface area (Å²) in [6.45, 7) is 3.89. The Labute approximate surface area is 93.2 Å². The number of hydrogen-bond donors (Lipinski definition) is 0. The van der Waals surface area contributed by atoms with E-state index in [1.165, 1.54) is 18.2 Å². The third-order valence-corrected chi connectivity index (χ3v) is 2.06. The zero-order valence-corrected chi connectivity index (χ0v) is 9.23. The van der Waals surface area contributed by atoms with Gasteiger partial charge in [0.1, 0.15) is 5.75 Å². The molecule has 5 nitrogen and oxygen atoms in total. The van der Waals surface area contributed by atoms with Crippen LogP contribution in [0, 0.1) is 10.1 Å². The topological polar surface area (TPSA) is 69.4 Å². The highest BCUT2D eigenvalue weighted by Crippen LogP contribution is 2.23. The molecular weight excluding hydrogens is 210 g/mol. The molecule has 1 rings (SSSR count). The molecule has 0 atom stereocenters. The molecule has 0 radical (unpaired) electrons. The maximum absolute atomic E-state index is 11.5.